The summed E-state index contributed by atoms with van der Waals surface area (Å²) in [5.41, 5.74) is 7.62. The number of rotatable bonds is 5. The summed E-state index contributed by atoms with van der Waals surface area (Å²) in [7, 11) is 2.17. The second kappa shape index (κ2) is 12.1. The highest BCUT2D eigenvalue weighted by Crippen LogP contribution is 2.41. The third kappa shape index (κ3) is 7.41. The minimum atomic E-state index is -0.200. The highest BCUT2D eigenvalue weighted by atomic mass is 16.5. The molecular formula is C38H48N4O. The Kier molecular flexibility index (Phi) is 9.01. The monoisotopic (exact) mass is 576 g/mol. The SMILES string of the molecule is CN1CCN(c2ccc(OCC(C)(C)C)cc2)CC1c1cc(C(C)(C)C)cc(-c2ccc(C#N)cc2C(C)(C)C)c1C#N. The molecule has 0 saturated carbocycles. The Morgan fingerprint density at radius 2 is 1.47 bits per heavy atom. The third-order valence-electron chi connectivity index (χ3n) is 8.27. The summed E-state index contributed by atoms with van der Waals surface area (Å²) in [5.74, 6) is 0.885. The fourth-order valence-electron chi connectivity index (χ4n) is 5.66. The Hall–Kier alpha value is -3.80. The predicted octanol–water partition coefficient (Wildman–Crippen LogP) is 8.61. The van der Waals surface area contributed by atoms with Crippen LogP contribution in [-0.2, 0) is 10.8 Å². The maximum Gasteiger partial charge on any atom is 0.119 e. The van der Waals surface area contributed by atoms with E-state index in [2.05, 4.69) is 128 Å². The summed E-state index contributed by atoms with van der Waals surface area (Å²) in [6.45, 7) is 22.9. The zero-order chi connectivity index (χ0) is 31.7. The fourth-order valence-corrected chi connectivity index (χ4v) is 5.66. The number of anilines is 1. The van der Waals surface area contributed by atoms with Gasteiger partial charge < -0.3 is 9.64 Å². The molecule has 0 amide bonds. The van der Waals surface area contributed by atoms with Gasteiger partial charge in [0.1, 0.15) is 11.8 Å². The Morgan fingerprint density at radius 3 is 2.02 bits per heavy atom. The Bertz CT molecular complexity index is 1540. The molecule has 5 nitrogen and oxygen atoms in total. The summed E-state index contributed by atoms with van der Waals surface area (Å²) in [5, 5.41) is 20.4. The number of nitrogens with zero attached hydrogens (tertiary/aromatic N) is 4. The van der Waals surface area contributed by atoms with Crippen molar-refractivity contribution in [2.45, 2.75) is 79.2 Å². The molecule has 3 aromatic rings. The number of hydrogen-bond donors (Lipinski definition) is 0. The number of benzene rings is 3. The highest BCUT2D eigenvalue weighted by molar-refractivity contribution is 5.78. The fraction of sp³-hybridized carbons (Fsp3) is 0.474. The molecule has 1 fully saturated rings. The van der Waals surface area contributed by atoms with Crippen LogP contribution in [0.4, 0.5) is 5.69 Å². The van der Waals surface area contributed by atoms with Gasteiger partial charge in [0, 0.05) is 30.9 Å². The quantitative estimate of drug-likeness (QED) is 0.304. The summed E-state index contributed by atoms with van der Waals surface area (Å²) >= 11 is 0. The first-order valence-electron chi connectivity index (χ1n) is 15.3. The molecule has 4 rings (SSSR count). The van der Waals surface area contributed by atoms with Gasteiger partial charge in [0.15, 0.2) is 0 Å². The Labute approximate surface area is 259 Å². The molecule has 0 aromatic heterocycles. The molecule has 0 bridgehead atoms. The molecular weight excluding hydrogens is 528 g/mol. The molecule has 5 heteroatoms. The van der Waals surface area contributed by atoms with E-state index in [1.54, 1.807) is 0 Å². The van der Waals surface area contributed by atoms with Crippen LogP contribution in [0.1, 0.15) is 96.2 Å². The molecule has 1 atom stereocenters. The van der Waals surface area contributed by atoms with Crippen LogP contribution in [0.3, 0.4) is 0 Å². The van der Waals surface area contributed by atoms with Crippen molar-refractivity contribution >= 4 is 5.69 Å². The maximum absolute atomic E-state index is 10.7. The molecule has 3 aromatic carbocycles. The molecule has 0 spiro atoms. The van der Waals surface area contributed by atoms with Crippen LogP contribution in [0.25, 0.3) is 11.1 Å². The highest BCUT2D eigenvalue weighted by Gasteiger charge is 2.32. The lowest BCUT2D eigenvalue weighted by Gasteiger charge is -2.42. The molecule has 1 aliphatic rings. The van der Waals surface area contributed by atoms with Crippen LogP contribution in [0.5, 0.6) is 5.75 Å². The average Bonchev–Trinajstić information content (AvgIpc) is 2.94. The first-order chi connectivity index (χ1) is 20.0. The van der Waals surface area contributed by atoms with Crippen molar-refractivity contribution in [3.8, 4) is 29.0 Å². The van der Waals surface area contributed by atoms with Crippen LogP contribution in [0.15, 0.2) is 54.6 Å². The third-order valence-corrected chi connectivity index (χ3v) is 8.27. The zero-order valence-corrected chi connectivity index (χ0v) is 27.8. The van der Waals surface area contributed by atoms with Gasteiger partial charge >= 0.3 is 0 Å². The maximum atomic E-state index is 10.7. The van der Waals surface area contributed by atoms with Gasteiger partial charge in [-0.05, 0) is 88.0 Å². The normalized spacial score (nSPS) is 16.5. The number of nitriles is 2. The molecule has 0 radical (unpaired) electrons. The first kappa shape index (κ1) is 32.1. The van der Waals surface area contributed by atoms with Gasteiger partial charge in [-0.3, -0.25) is 4.90 Å². The van der Waals surface area contributed by atoms with Crippen molar-refractivity contribution in [3.63, 3.8) is 0 Å². The van der Waals surface area contributed by atoms with E-state index in [-0.39, 0.29) is 22.3 Å². The van der Waals surface area contributed by atoms with E-state index >= 15 is 0 Å². The summed E-state index contributed by atoms with van der Waals surface area (Å²) in [6.07, 6.45) is 0. The largest absolute Gasteiger partial charge is 0.493 e. The average molecular weight is 577 g/mol. The second-order valence-corrected chi connectivity index (χ2v) is 15.3. The molecule has 0 aliphatic carbocycles. The molecule has 0 N–H and O–H groups in total. The summed E-state index contributed by atoms with van der Waals surface area (Å²) in [6, 6.07) is 23.8. The van der Waals surface area contributed by atoms with E-state index in [1.165, 1.54) is 5.56 Å². The lowest BCUT2D eigenvalue weighted by atomic mass is 9.76. The van der Waals surface area contributed by atoms with Crippen molar-refractivity contribution < 1.29 is 4.74 Å². The van der Waals surface area contributed by atoms with E-state index in [4.69, 9.17) is 4.74 Å². The number of piperazine rings is 1. The summed E-state index contributed by atoms with van der Waals surface area (Å²) < 4.78 is 6.02. The number of hydrogen-bond acceptors (Lipinski definition) is 5. The minimum Gasteiger partial charge on any atom is -0.493 e. The van der Waals surface area contributed by atoms with E-state index in [9.17, 15) is 10.5 Å². The van der Waals surface area contributed by atoms with Crippen molar-refractivity contribution in [1.29, 1.82) is 10.5 Å². The Morgan fingerprint density at radius 1 is 0.791 bits per heavy atom. The van der Waals surface area contributed by atoms with Crippen molar-refractivity contribution in [2.24, 2.45) is 5.41 Å². The van der Waals surface area contributed by atoms with Crippen molar-refractivity contribution in [2.75, 3.05) is 38.2 Å². The molecule has 1 heterocycles. The molecule has 43 heavy (non-hydrogen) atoms. The van der Waals surface area contributed by atoms with Crippen LogP contribution in [0.2, 0.25) is 0 Å². The van der Waals surface area contributed by atoms with Crippen LogP contribution < -0.4 is 9.64 Å². The Balaban J connectivity index is 1.80. The van der Waals surface area contributed by atoms with E-state index < -0.39 is 0 Å². The van der Waals surface area contributed by atoms with E-state index in [0.29, 0.717) is 17.7 Å². The molecule has 1 saturated heterocycles. The predicted molar refractivity (Wildman–Crippen MR) is 178 cm³/mol. The lowest BCUT2D eigenvalue weighted by molar-refractivity contribution is 0.198. The second-order valence-electron chi connectivity index (χ2n) is 15.3. The zero-order valence-electron chi connectivity index (χ0n) is 27.8. The standard InChI is InChI=1S/C38H48N4O/c1-36(2,3)25-43-29-14-12-28(13-15-29)42-18-17-41(10)35(24-42)32-21-27(37(4,5)6)20-31(33(32)23-40)30-16-11-26(22-39)19-34(30)38(7,8)9/h11-16,19-21,35H,17-18,24-25H2,1-10H3. The van der Waals surface area contributed by atoms with Gasteiger partial charge in [-0.1, -0.05) is 74.4 Å². The lowest BCUT2D eigenvalue weighted by Crippen LogP contribution is -2.47. The smallest absolute Gasteiger partial charge is 0.119 e. The molecule has 1 aliphatic heterocycles. The molecule has 1 unspecified atom stereocenters. The van der Waals surface area contributed by atoms with E-state index in [0.717, 1.165) is 53.3 Å². The van der Waals surface area contributed by atoms with Gasteiger partial charge in [0.05, 0.1) is 29.8 Å². The number of likely N-dealkylation sites (N-methyl/N-ethyl adjacent to an activating group) is 1. The number of ether oxygens (including phenoxy) is 1. The minimum absolute atomic E-state index is 0.0396. The van der Waals surface area contributed by atoms with Gasteiger partial charge in [-0.15, -0.1) is 0 Å². The molecule has 226 valence electrons. The van der Waals surface area contributed by atoms with Gasteiger partial charge in [-0.25, -0.2) is 0 Å². The van der Waals surface area contributed by atoms with Crippen LogP contribution in [0, 0.1) is 28.1 Å². The topological polar surface area (TPSA) is 63.3 Å². The van der Waals surface area contributed by atoms with E-state index in [1.807, 2.05) is 18.2 Å². The van der Waals surface area contributed by atoms with Gasteiger partial charge in [0.25, 0.3) is 0 Å². The summed E-state index contributed by atoms with van der Waals surface area (Å²) in [4.78, 5) is 4.80. The van der Waals surface area contributed by atoms with Crippen molar-refractivity contribution in [1.82, 2.24) is 4.90 Å². The first-order valence-corrected chi connectivity index (χ1v) is 15.3. The van der Waals surface area contributed by atoms with Crippen LogP contribution >= 0.6 is 0 Å². The van der Waals surface area contributed by atoms with Crippen molar-refractivity contribution in [3.05, 3.63) is 82.4 Å². The van der Waals surface area contributed by atoms with Gasteiger partial charge in [-0.2, -0.15) is 10.5 Å². The van der Waals surface area contributed by atoms with Crippen LogP contribution in [-0.4, -0.2) is 38.2 Å². The van der Waals surface area contributed by atoms with Gasteiger partial charge in [0.2, 0.25) is 0 Å².